The molecule has 0 unspecified atom stereocenters. The first kappa shape index (κ1) is 15.6. The van der Waals surface area contributed by atoms with Gasteiger partial charge in [-0.3, -0.25) is 0 Å². The van der Waals surface area contributed by atoms with Gasteiger partial charge >= 0.3 is 6.03 Å². The van der Waals surface area contributed by atoms with Gasteiger partial charge in [-0.15, -0.1) is 0 Å². The molecule has 110 valence electrons. The summed E-state index contributed by atoms with van der Waals surface area (Å²) < 4.78 is 1.01. The van der Waals surface area contributed by atoms with Crippen molar-refractivity contribution in [1.82, 2.24) is 4.90 Å². The number of hydrogen-bond donors (Lipinski definition) is 1. The zero-order chi connectivity index (χ0) is 15.4. The summed E-state index contributed by atoms with van der Waals surface area (Å²) in [7, 11) is 1.79. The summed E-state index contributed by atoms with van der Waals surface area (Å²) >= 11 is 3.50. The zero-order valence-corrected chi connectivity index (χ0v) is 14.1. The molecule has 0 aliphatic heterocycles. The highest BCUT2D eigenvalue weighted by atomic mass is 79.9. The third-order valence-corrected chi connectivity index (χ3v) is 4.12. The maximum atomic E-state index is 12.3. The first-order valence-electron chi connectivity index (χ1n) is 6.80. The SMILES string of the molecule is Cc1ccc(C)c(NC(=O)N(C)Cc2ccccc2Br)c1. The van der Waals surface area contributed by atoms with Crippen molar-refractivity contribution in [2.24, 2.45) is 0 Å². The Labute approximate surface area is 134 Å². The number of aryl methyl sites for hydroxylation is 2. The van der Waals surface area contributed by atoms with Gasteiger partial charge in [-0.25, -0.2) is 4.79 Å². The fourth-order valence-electron chi connectivity index (χ4n) is 2.04. The molecule has 0 bridgehead atoms. The number of hydrogen-bond acceptors (Lipinski definition) is 1. The first-order valence-corrected chi connectivity index (χ1v) is 7.59. The van der Waals surface area contributed by atoms with Crippen LogP contribution in [-0.2, 0) is 6.54 Å². The molecule has 0 aromatic heterocycles. The summed E-state index contributed by atoms with van der Waals surface area (Å²) in [5.41, 5.74) is 4.13. The summed E-state index contributed by atoms with van der Waals surface area (Å²) in [5, 5.41) is 2.96. The quantitative estimate of drug-likeness (QED) is 0.855. The highest BCUT2D eigenvalue weighted by Gasteiger charge is 2.12. The van der Waals surface area contributed by atoms with Crippen LogP contribution in [-0.4, -0.2) is 18.0 Å². The molecule has 0 spiro atoms. The number of benzene rings is 2. The van der Waals surface area contributed by atoms with Gasteiger partial charge < -0.3 is 10.2 Å². The summed E-state index contributed by atoms with van der Waals surface area (Å²) in [6, 6.07) is 13.8. The molecule has 21 heavy (non-hydrogen) atoms. The number of nitrogens with one attached hydrogen (secondary N) is 1. The van der Waals surface area contributed by atoms with E-state index in [0.29, 0.717) is 6.54 Å². The van der Waals surface area contributed by atoms with Gasteiger partial charge in [0.2, 0.25) is 0 Å². The van der Waals surface area contributed by atoms with Gasteiger partial charge in [0.05, 0.1) is 0 Å². The molecule has 0 heterocycles. The number of anilines is 1. The van der Waals surface area contributed by atoms with E-state index in [4.69, 9.17) is 0 Å². The average molecular weight is 347 g/mol. The lowest BCUT2D eigenvalue weighted by molar-refractivity contribution is 0.220. The highest BCUT2D eigenvalue weighted by Crippen LogP contribution is 2.19. The number of rotatable bonds is 3. The van der Waals surface area contributed by atoms with Crippen molar-refractivity contribution in [3.63, 3.8) is 0 Å². The molecule has 2 rings (SSSR count). The average Bonchev–Trinajstić information content (AvgIpc) is 2.45. The third-order valence-electron chi connectivity index (χ3n) is 3.35. The van der Waals surface area contributed by atoms with E-state index < -0.39 is 0 Å². The minimum atomic E-state index is -0.112. The summed E-state index contributed by atoms with van der Waals surface area (Å²) in [6.07, 6.45) is 0. The minimum absolute atomic E-state index is 0.112. The van der Waals surface area contributed by atoms with Crippen LogP contribution >= 0.6 is 15.9 Å². The van der Waals surface area contributed by atoms with Crippen molar-refractivity contribution >= 4 is 27.6 Å². The Balaban J connectivity index is 2.06. The summed E-state index contributed by atoms with van der Waals surface area (Å²) in [4.78, 5) is 14.0. The Hall–Kier alpha value is -1.81. The van der Waals surface area contributed by atoms with E-state index in [9.17, 15) is 4.79 Å². The number of nitrogens with zero attached hydrogens (tertiary/aromatic N) is 1. The molecule has 4 heteroatoms. The molecule has 0 atom stereocenters. The normalized spacial score (nSPS) is 10.3. The van der Waals surface area contributed by atoms with Gasteiger partial charge in [0.15, 0.2) is 0 Å². The molecule has 2 amide bonds. The van der Waals surface area contributed by atoms with Crippen molar-refractivity contribution in [3.8, 4) is 0 Å². The summed E-state index contributed by atoms with van der Waals surface area (Å²) in [5.74, 6) is 0. The van der Waals surface area contributed by atoms with Crippen molar-refractivity contribution < 1.29 is 4.79 Å². The molecule has 2 aromatic carbocycles. The second kappa shape index (κ2) is 6.76. The predicted molar refractivity (Wildman–Crippen MR) is 90.5 cm³/mol. The lowest BCUT2D eigenvalue weighted by Crippen LogP contribution is -2.31. The minimum Gasteiger partial charge on any atom is -0.323 e. The van der Waals surface area contributed by atoms with Crippen LogP contribution in [0.15, 0.2) is 46.9 Å². The van der Waals surface area contributed by atoms with Crippen molar-refractivity contribution in [3.05, 3.63) is 63.6 Å². The molecule has 0 radical (unpaired) electrons. The molecular formula is C17H19BrN2O. The van der Waals surface area contributed by atoms with E-state index in [1.807, 2.05) is 56.3 Å². The molecule has 0 fully saturated rings. The Kier molecular flexibility index (Phi) is 5.02. The Morgan fingerprint density at radius 1 is 1.19 bits per heavy atom. The van der Waals surface area contributed by atoms with E-state index in [0.717, 1.165) is 26.9 Å². The third kappa shape index (κ3) is 4.08. The maximum absolute atomic E-state index is 12.3. The number of amides is 2. The van der Waals surface area contributed by atoms with Crippen LogP contribution in [0.3, 0.4) is 0 Å². The van der Waals surface area contributed by atoms with Crippen LogP contribution in [0.5, 0.6) is 0 Å². The van der Waals surface area contributed by atoms with E-state index in [2.05, 4.69) is 21.2 Å². The smallest absolute Gasteiger partial charge is 0.321 e. The van der Waals surface area contributed by atoms with Crippen LogP contribution in [0, 0.1) is 13.8 Å². The molecule has 3 nitrogen and oxygen atoms in total. The predicted octanol–water partition coefficient (Wildman–Crippen LogP) is 4.73. The molecule has 2 aromatic rings. The molecule has 0 saturated heterocycles. The van der Waals surface area contributed by atoms with E-state index in [1.165, 1.54) is 0 Å². The molecular weight excluding hydrogens is 328 g/mol. The molecule has 1 N–H and O–H groups in total. The second-order valence-electron chi connectivity index (χ2n) is 5.20. The van der Waals surface area contributed by atoms with E-state index in [-0.39, 0.29) is 6.03 Å². The van der Waals surface area contributed by atoms with Gasteiger partial charge in [0.25, 0.3) is 0 Å². The monoisotopic (exact) mass is 346 g/mol. The Morgan fingerprint density at radius 2 is 1.90 bits per heavy atom. The highest BCUT2D eigenvalue weighted by molar-refractivity contribution is 9.10. The van der Waals surface area contributed by atoms with Crippen molar-refractivity contribution in [2.45, 2.75) is 20.4 Å². The number of carbonyl (C=O) groups excluding carboxylic acids is 1. The van der Waals surface area contributed by atoms with Gasteiger partial charge in [-0.2, -0.15) is 0 Å². The van der Waals surface area contributed by atoms with E-state index >= 15 is 0 Å². The van der Waals surface area contributed by atoms with E-state index in [1.54, 1.807) is 11.9 Å². The lowest BCUT2D eigenvalue weighted by atomic mass is 10.1. The van der Waals surface area contributed by atoms with Crippen molar-refractivity contribution in [1.29, 1.82) is 0 Å². The van der Waals surface area contributed by atoms with Gasteiger partial charge in [-0.05, 0) is 42.7 Å². The molecule has 0 aliphatic carbocycles. The van der Waals surface area contributed by atoms with Crippen LogP contribution in [0.4, 0.5) is 10.5 Å². The Morgan fingerprint density at radius 3 is 2.62 bits per heavy atom. The van der Waals surface area contributed by atoms with Gasteiger partial charge in [-0.1, -0.05) is 46.3 Å². The fraction of sp³-hybridized carbons (Fsp3) is 0.235. The lowest BCUT2D eigenvalue weighted by Gasteiger charge is -2.19. The van der Waals surface area contributed by atoms with Crippen LogP contribution in [0.1, 0.15) is 16.7 Å². The maximum Gasteiger partial charge on any atom is 0.321 e. The van der Waals surface area contributed by atoms with Gasteiger partial charge in [0, 0.05) is 23.8 Å². The van der Waals surface area contributed by atoms with Crippen molar-refractivity contribution in [2.75, 3.05) is 12.4 Å². The Bertz CT molecular complexity index is 655. The zero-order valence-electron chi connectivity index (χ0n) is 12.5. The summed E-state index contributed by atoms with van der Waals surface area (Å²) in [6.45, 7) is 4.56. The standard InChI is InChI=1S/C17H19BrN2O/c1-12-8-9-13(2)16(10-12)19-17(21)20(3)11-14-6-4-5-7-15(14)18/h4-10H,11H2,1-3H3,(H,19,21). The largest absolute Gasteiger partial charge is 0.323 e. The first-order chi connectivity index (χ1) is 9.97. The number of halogens is 1. The number of carbonyl (C=O) groups is 1. The van der Waals surface area contributed by atoms with Crippen LogP contribution < -0.4 is 5.32 Å². The molecule has 0 saturated carbocycles. The number of urea groups is 1. The fourth-order valence-corrected chi connectivity index (χ4v) is 2.45. The van der Waals surface area contributed by atoms with Crippen LogP contribution in [0.25, 0.3) is 0 Å². The molecule has 0 aliphatic rings. The van der Waals surface area contributed by atoms with Crippen LogP contribution in [0.2, 0.25) is 0 Å². The topological polar surface area (TPSA) is 32.3 Å². The van der Waals surface area contributed by atoms with Gasteiger partial charge in [0.1, 0.15) is 0 Å². The second-order valence-corrected chi connectivity index (χ2v) is 6.05.